The first kappa shape index (κ1) is 23.8. The fourth-order valence-electron chi connectivity index (χ4n) is 4.02. The van der Waals surface area contributed by atoms with Crippen LogP contribution in [0, 0.1) is 6.92 Å². The maximum atomic E-state index is 12.7. The summed E-state index contributed by atoms with van der Waals surface area (Å²) in [5, 5.41) is 2.86. The van der Waals surface area contributed by atoms with E-state index in [1.807, 2.05) is 43.3 Å². The van der Waals surface area contributed by atoms with Crippen molar-refractivity contribution in [2.24, 2.45) is 0 Å². The van der Waals surface area contributed by atoms with Crippen molar-refractivity contribution in [3.05, 3.63) is 83.9 Å². The van der Waals surface area contributed by atoms with Gasteiger partial charge < -0.3 is 15.0 Å². The summed E-state index contributed by atoms with van der Waals surface area (Å²) in [6.07, 6.45) is 0.337. The van der Waals surface area contributed by atoms with Gasteiger partial charge in [0.05, 0.1) is 22.8 Å². The van der Waals surface area contributed by atoms with Crippen LogP contribution in [0.5, 0.6) is 0 Å². The van der Waals surface area contributed by atoms with E-state index in [0.717, 1.165) is 24.3 Å². The van der Waals surface area contributed by atoms with E-state index in [0.29, 0.717) is 16.9 Å². The van der Waals surface area contributed by atoms with Crippen molar-refractivity contribution in [2.45, 2.75) is 37.9 Å². The number of hydrogen-bond acceptors (Lipinski definition) is 5. The molecule has 3 aromatic rings. The van der Waals surface area contributed by atoms with Crippen molar-refractivity contribution in [2.75, 3.05) is 28.0 Å². The van der Waals surface area contributed by atoms with Crippen LogP contribution in [0.25, 0.3) is 0 Å². The van der Waals surface area contributed by atoms with Crippen molar-refractivity contribution >= 4 is 33.0 Å². The van der Waals surface area contributed by atoms with Crippen LogP contribution in [0.4, 0.5) is 17.1 Å². The van der Waals surface area contributed by atoms with Crippen molar-refractivity contribution in [1.82, 2.24) is 0 Å². The molecule has 0 radical (unpaired) electrons. The highest BCUT2D eigenvalue weighted by Crippen LogP contribution is 2.23. The number of hydrogen-bond donors (Lipinski definition) is 2. The number of carbonyl (C=O) groups excluding carboxylic acids is 1. The molecule has 1 saturated heterocycles. The minimum Gasteiger partial charge on any atom is -0.372 e. The number of nitrogens with one attached hydrogen (secondary N) is 2. The second kappa shape index (κ2) is 9.87. The fourth-order valence-corrected chi connectivity index (χ4v) is 5.15. The van der Waals surface area contributed by atoms with Crippen LogP contribution in [0.1, 0.15) is 29.8 Å². The Hall–Kier alpha value is -3.36. The molecule has 0 aromatic heterocycles. The first-order valence-corrected chi connectivity index (χ1v) is 12.7. The van der Waals surface area contributed by atoms with E-state index in [9.17, 15) is 13.2 Å². The number of anilines is 3. The number of morpholine rings is 1. The van der Waals surface area contributed by atoms with E-state index in [1.165, 1.54) is 24.3 Å². The second-order valence-electron chi connectivity index (χ2n) is 8.61. The normalized spacial score (nSPS) is 18.4. The minimum absolute atomic E-state index is 0.0885. The van der Waals surface area contributed by atoms with E-state index in [1.54, 1.807) is 12.1 Å². The first-order valence-electron chi connectivity index (χ1n) is 11.2. The van der Waals surface area contributed by atoms with Gasteiger partial charge in [-0.25, -0.2) is 8.42 Å². The highest BCUT2D eigenvalue weighted by Gasteiger charge is 2.22. The highest BCUT2D eigenvalue weighted by molar-refractivity contribution is 7.92. The van der Waals surface area contributed by atoms with E-state index < -0.39 is 10.0 Å². The fraction of sp³-hybridized carbons (Fsp3) is 0.269. The van der Waals surface area contributed by atoms with Crippen LogP contribution in [0.3, 0.4) is 0 Å². The Labute approximate surface area is 200 Å². The van der Waals surface area contributed by atoms with Gasteiger partial charge in [0.1, 0.15) is 0 Å². The zero-order valence-electron chi connectivity index (χ0n) is 19.5. The van der Waals surface area contributed by atoms with Crippen molar-refractivity contribution in [3.63, 3.8) is 0 Å². The standard InChI is InChI=1S/C26H29N3O4S/c1-18-6-4-5-7-25(18)28-34(31,32)24-14-8-21(9-15-24)26(30)27-22-10-12-23(13-11-22)29-16-19(2)33-20(3)17-29/h4-15,19-20,28H,16-17H2,1-3H3,(H,27,30). The van der Waals surface area contributed by atoms with Crippen LogP contribution in [-0.4, -0.2) is 39.6 Å². The number of para-hydroxylation sites is 1. The largest absolute Gasteiger partial charge is 0.372 e. The van der Waals surface area contributed by atoms with Gasteiger partial charge in [0, 0.05) is 30.0 Å². The van der Waals surface area contributed by atoms with Gasteiger partial charge in [-0.05, 0) is 80.9 Å². The number of benzene rings is 3. The molecule has 1 heterocycles. The summed E-state index contributed by atoms with van der Waals surface area (Å²) in [5.74, 6) is -0.308. The lowest BCUT2D eigenvalue weighted by atomic mass is 10.1. The van der Waals surface area contributed by atoms with Crippen molar-refractivity contribution in [1.29, 1.82) is 0 Å². The molecule has 0 aliphatic carbocycles. The Morgan fingerprint density at radius 1 is 0.912 bits per heavy atom. The van der Waals surface area contributed by atoms with Gasteiger partial charge in [0.2, 0.25) is 0 Å². The Kier molecular flexibility index (Phi) is 6.90. The maximum absolute atomic E-state index is 12.7. The van der Waals surface area contributed by atoms with Gasteiger partial charge in [-0.2, -0.15) is 0 Å². The van der Waals surface area contributed by atoms with E-state index >= 15 is 0 Å². The van der Waals surface area contributed by atoms with Gasteiger partial charge in [0.25, 0.3) is 15.9 Å². The molecule has 2 N–H and O–H groups in total. The number of carbonyl (C=O) groups is 1. The summed E-state index contributed by atoms with van der Waals surface area (Å²) in [7, 11) is -3.76. The molecule has 1 fully saturated rings. The lowest BCUT2D eigenvalue weighted by Gasteiger charge is -2.36. The molecule has 34 heavy (non-hydrogen) atoms. The molecule has 1 aliphatic heterocycles. The van der Waals surface area contributed by atoms with E-state index in [2.05, 4.69) is 28.8 Å². The van der Waals surface area contributed by atoms with Crippen molar-refractivity contribution < 1.29 is 17.9 Å². The minimum atomic E-state index is -3.76. The third kappa shape index (κ3) is 5.58. The number of ether oxygens (including phenoxy) is 1. The molecule has 0 saturated carbocycles. The van der Waals surface area contributed by atoms with Gasteiger partial charge in [-0.3, -0.25) is 9.52 Å². The van der Waals surface area contributed by atoms with Gasteiger partial charge >= 0.3 is 0 Å². The van der Waals surface area contributed by atoms with E-state index in [-0.39, 0.29) is 23.0 Å². The molecule has 2 unspecified atom stereocenters. The monoisotopic (exact) mass is 479 g/mol. The average Bonchev–Trinajstić information content (AvgIpc) is 2.80. The Morgan fingerprint density at radius 3 is 2.15 bits per heavy atom. The molecule has 7 nitrogen and oxygen atoms in total. The topological polar surface area (TPSA) is 87.7 Å². The predicted molar refractivity (Wildman–Crippen MR) is 135 cm³/mol. The number of rotatable bonds is 6. The van der Waals surface area contributed by atoms with Crippen LogP contribution in [0.2, 0.25) is 0 Å². The summed E-state index contributed by atoms with van der Waals surface area (Å²) in [4.78, 5) is 15.0. The molecule has 2 atom stereocenters. The van der Waals surface area contributed by atoms with Crippen LogP contribution < -0.4 is 14.9 Å². The highest BCUT2D eigenvalue weighted by atomic mass is 32.2. The SMILES string of the molecule is Cc1ccccc1NS(=O)(=O)c1ccc(C(=O)Nc2ccc(N3CC(C)OC(C)C3)cc2)cc1. The summed E-state index contributed by atoms with van der Waals surface area (Å²) in [5.41, 5.74) is 3.46. The zero-order chi connectivity index (χ0) is 24.3. The summed E-state index contributed by atoms with van der Waals surface area (Å²) in [6, 6.07) is 20.7. The average molecular weight is 480 g/mol. The zero-order valence-corrected chi connectivity index (χ0v) is 20.3. The smallest absolute Gasteiger partial charge is 0.261 e. The van der Waals surface area contributed by atoms with Crippen LogP contribution in [0.15, 0.2) is 77.7 Å². The van der Waals surface area contributed by atoms with E-state index in [4.69, 9.17) is 4.74 Å². The lowest BCUT2D eigenvalue weighted by molar-refractivity contribution is -0.00521. The molecule has 178 valence electrons. The van der Waals surface area contributed by atoms with Crippen LogP contribution in [-0.2, 0) is 14.8 Å². The van der Waals surface area contributed by atoms with Crippen molar-refractivity contribution in [3.8, 4) is 0 Å². The molecule has 4 rings (SSSR count). The maximum Gasteiger partial charge on any atom is 0.261 e. The van der Waals surface area contributed by atoms with Gasteiger partial charge in [0.15, 0.2) is 0 Å². The Bertz CT molecular complexity index is 1250. The number of nitrogens with zero attached hydrogens (tertiary/aromatic N) is 1. The summed E-state index contributed by atoms with van der Waals surface area (Å²) in [6.45, 7) is 7.60. The number of sulfonamides is 1. The molecule has 0 bridgehead atoms. The quantitative estimate of drug-likeness (QED) is 0.537. The third-order valence-corrected chi connectivity index (χ3v) is 7.11. The molecule has 8 heteroatoms. The summed E-state index contributed by atoms with van der Waals surface area (Å²) < 4.78 is 33.8. The van der Waals surface area contributed by atoms with Gasteiger partial charge in [-0.15, -0.1) is 0 Å². The summed E-state index contributed by atoms with van der Waals surface area (Å²) >= 11 is 0. The Morgan fingerprint density at radius 2 is 1.53 bits per heavy atom. The molecule has 1 amide bonds. The predicted octanol–water partition coefficient (Wildman–Crippen LogP) is 4.66. The molecule has 3 aromatic carbocycles. The molecule has 1 aliphatic rings. The first-order chi connectivity index (χ1) is 16.2. The molecule has 0 spiro atoms. The lowest BCUT2D eigenvalue weighted by Crippen LogP contribution is -2.45. The van der Waals surface area contributed by atoms with Crippen LogP contribution >= 0.6 is 0 Å². The number of amides is 1. The molecular formula is C26H29N3O4S. The molecular weight excluding hydrogens is 450 g/mol. The third-order valence-electron chi connectivity index (χ3n) is 5.73. The second-order valence-corrected chi connectivity index (χ2v) is 10.3. The number of aryl methyl sites for hydroxylation is 1. The van der Waals surface area contributed by atoms with Gasteiger partial charge in [-0.1, -0.05) is 18.2 Å². The Balaban J connectivity index is 1.40.